The molecule has 0 bridgehead atoms. The second kappa shape index (κ2) is 8.11. The van der Waals surface area contributed by atoms with E-state index < -0.39 is 16.0 Å². The van der Waals surface area contributed by atoms with Crippen molar-refractivity contribution >= 4 is 16.0 Å². The van der Waals surface area contributed by atoms with E-state index in [4.69, 9.17) is 4.74 Å². The first-order valence-corrected chi connectivity index (χ1v) is 9.64. The number of aromatic nitrogens is 1. The molecule has 0 aliphatic carbocycles. The Kier molecular flexibility index (Phi) is 6.39. The molecule has 0 atom stereocenters. The van der Waals surface area contributed by atoms with Gasteiger partial charge in [-0.1, -0.05) is 0 Å². The van der Waals surface area contributed by atoms with Crippen LogP contribution in [0.3, 0.4) is 0 Å². The summed E-state index contributed by atoms with van der Waals surface area (Å²) in [4.78, 5) is 17.1. The Hall–Kier alpha value is -1.42. The molecular formula is C15H26N4O4S. The van der Waals surface area contributed by atoms with Crippen molar-refractivity contribution in [2.45, 2.75) is 25.7 Å². The molecule has 136 valence electrons. The molecule has 3 N–H and O–H groups in total. The van der Waals surface area contributed by atoms with Crippen molar-refractivity contribution in [3.8, 4) is 0 Å². The van der Waals surface area contributed by atoms with Gasteiger partial charge in [0.05, 0.1) is 6.61 Å². The monoisotopic (exact) mass is 358 g/mol. The number of esters is 1. The first kappa shape index (κ1) is 18.9. The third kappa shape index (κ3) is 4.35. The predicted molar refractivity (Wildman–Crippen MR) is 90.7 cm³/mol. The Morgan fingerprint density at radius 1 is 1.29 bits per heavy atom. The van der Waals surface area contributed by atoms with Crippen LogP contribution in [0.1, 0.15) is 28.7 Å². The maximum atomic E-state index is 12.6. The summed E-state index contributed by atoms with van der Waals surface area (Å²) in [6, 6.07) is 0. The SMILES string of the molecule is CCOC(=O)c1[nH]c(C)c(S(=O)(=O)NCCN2CCNCC2)c1C. The minimum atomic E-state index is -3.68. The average Bonchev–Trinajstić information content (AvgIpc) is 2.84. The minimum Gasteiger partial charge on any atom is -0.461 e. The van der Waals surface area contributed by atoms with E-state index in [1.54, 1.807) is 20.8 Å². The highest BCUT2D eigenvalue weighted by Crippen LogP contribution is 2.23. The van der Waals surface area contributed by atoms with Gasteiger partial charge in [0.25, 0.3) is 0 Å². The average molecular weight is 358 g/mol. The summed E-state index contributed by atoms with van der Waals surface area (Å²) in [5.41, 5.74) is 1.02. The van der Waals surface area contributed by atoms with Gasteiger partial charge in [0.1, 0.15) is 10.6 Å². The van der Waals surface area contributed by atoms with Crippen molar-refractivity contribution in [2.75, 3.05) is 45.9 Å². The zero-order valence-corrected chi connectivity index (χ0v) is 15.3. The second-order valence-corrected chi connectivity index (χ2v) is 7.49. The number of aromatic amines is 1. The molecular weight excluding hydrogens is 332 g/mol. The molecule has 9 heteroatoms. The first-order chi connectivity index (χ1) is 11.4. The number of rotatable bonds is 7. The van der Waals surface area contributed by atoms with Crippen molar-refractivity contribution in [2.24, 2.45) is 0 Å². The van der Waals surface area contributed by atoms with E-state index in [0.717, 1.165) is 26.2 Å². The van der Waals surface area contributed by atoms with Gasteiger partial charge in [0, 0.05) is 50.5 Å². The molecule has 24 heavy (non-hydrogen) atoms. The van der Waals surface area contributed by atoms with Crippen LogP contribution < -0.4 is 10.0 Å². The third-order valence-corrected chi connectivity index (χ3v) is 5.78. The third-order valence-electron chi connectivity index (χ3n) is 4.05. The van der Waals surface area contributed by atoms with E-state index in [-0.39, 0.29) is 17.2 Å². The molecule has 1 aromatic heterocycles. The van der Waals surface area contributed by atoms with Crippen molar-refractivity contribution < 1.29 is 17.9 Å². The highest BCUT2D eigenvalue weighted by atomic mass is 32.2. The lowest BCUT2D eigenvalue weighted by molar-refractivity contribution is 0.0519. The molecule has 0 unspecified atom stereocenters. The van der Waals surface area contributed by atoms with Crippen LogP contribution in [0.4, 0.5) is 0 Å². The number of aryl methyl sites for hydroxylation is 1. The first-order valence-electron chi connectivity index (χ1n) is 8.15. The number of carbonyl (C=O) groups excluding carboxylic acids is 1. The smallest absolute Gasteiger partial charge is 0.355 e. The molecule has 0 saturated carbocycles. The molecule has 8 nitrogen and oxygen atoms in total. The zero-order valence-electron chi connectivity index (χ0n) is 14.4. The molecule has 1 fully saturated rings. The van der Waals surface area contributed by atoms with Gasteiger partial charge in [-0.2, -0.15) is 0 Å². The summed E-state index contributed by atoms with van der Waals surface area (Å²) in [7, 11) is -3.68. The number of hydrogen-bond donors (Lipinski definition) is 3. The maximum absolute atomic E-state index is 12.6. The van der Waals surface area contributed by atoms with Crippen molar-refractivity contribution in [1.29, 1.82) is 0 Å². The van der Waals surface area contributed by atoms with Gasteiger partial charge in [-0.25, -0.2) is 17.9 Å². The van der Waals surface area contributed by atoms with Crippen LogP contribution in [0.15, 0.2) is 4.90 Å². The van der Waals surface area contributed by atoms with E-state index in [1.165, 1.54) is 0 Å². The van der Waals surface area contributed by atoms with Crippen LogP contribution in [-0.2, 0) is 14.8 Å². The summed E-state index contributed by atoms with van der Waals surface area (Å²) in [5, 5.41) is 3.26. The number of nitrogens with one attached hydrogen (secondary N) is 3. The Morgan fingerprint density at radius 2 is 1.96 bits per heavy atom. The number of ether oxygens (including phenoxy) is 1. The number of nitrogens with zero attached hydrogens (tertiary/aromatic N) is 1. The number of carbonyl (C=O) groups is 1. The Bertz CT molecular complexity index is 678. The largest absolute Gasteiger partial charge is 0.461 e. The van der Waals surface area contributed by atoms with E-state index in [2.05, 4.69) is 19.9 Å². The minimum absolute atomic E-state index is 0.130. The predicted octanol–water partition coefficient (Wildman–Crippen LogP) is -0.00826. The van der Waals surface area contributed by atoms with Crippen LogP contribution >= 0.6 is 0 Å². The molecule has 0 amide bonds. The van der Waals surface area contributed by atoms with E-state index >= 15 is 0 Å². The summed E-state index contributed by atoms with van der Waals surface area (Å²) in [5.74, 6) is -0.541. The van der Waals surface area contributed by atoms with Gasteiger partial charge in [-0.05, 0) is 20.8 Å². The molecule has 1 aliphatic heterocycles. The second-order valence-electron chi connectivity index (χ2n) is 5.79. The van der Waals surface area contributed by atoms with Gasteiger partial charge < -0.3 is 15.0 Å². The van der Waals surface area contributed by atoms with E-state index in [9.17, 15) is 13.2 Å². The lowest BCUT2D eigenvalue weighted by atomic mass is 10.2. The number of hydrogen-bond acceptors (Lipinski definition) is 6. The fourth-order valence-corrected chi connectivity index (χ4v) is 4.35. The van der Waals surface area contributed by atoms with Crippen molar-refractivity contribution in [3.05, 3.63) is 17.0 Å². The standard InChI is InChI=1S/C15H26N4O4S/c1-4-23-15(20)13-11(2)14(12(3)18-13)24(21,22)17-7-10-19-8-5-16-6-9-19/h16-18H,4-10H2,1-3H3. The van der Waals surface area contributed by atoms with Crippen LogP contribution in [0.5, 0.6) is 0 Å². The van der Waals surface area contributed by atoms with Crippen LogP contribution in [-0.4, -0.2) is 70.1 Å². The fraction of sp³-hybridized carbons (Fsp3) is 0.667. The number of piperazine rings is 1. The Balaban J connectivity index is 2.06. The highest BCUT2D eigenvalue weighted by Gasteiger charge is 2.27. The molecule has 1 saturated heterocycles. The van der Waals surface area contributed by atoms with Gasteiger partial charge in [0.2, 0.25) is 10.0 Å². The summed E-state index contributed by atoms with van der Waals surface area (Å²) in [6.07, 6.45) is 0. The molecule has 1 aromatic rings. The molecule has 0 spiro atoms. The molecule has 0 aromatic carbocycles. The highest BCUT2D eigenvalue weighted by molar-refractivity contribution is 7.89. The lowest BCUT2D eigenvalue weighted by Gasteiger charge is -2.27. The fourth-order valence-electron chi connectivity index (χ4n) is 2.89. The summed E-state index contributed by atoms with van der Waals surface area (Å²) in [6.45, 7) is 9.86. The van der Waals surface area contributed by atoms with Crippen LogP contribution in [0.25, 0.3) is 0 Å². The molecule has 1 aliphatic rings. The van der Waals surface area contributed by atoms with E-state index in [0.29, 0.717) is 24.3 Å². The van der Waals surface area contributed by atoms with Crippen LogP contribution in [0.2, 0.25) is 0 Å². The molecule has 2 heterocycles. The topological polar surface area (TPSA) is 104 Å². The summed E-state index contributed by atoms with van der Waals surface area (Å²) < 4.78 is 32.8. The Morgan fingerprint density at radius 3 is 2.58 bits per heavy atom. The van der Waals surface area contributed by atoms with E-state index in [1.807, 2.05) is 0 Å². The van der Waals surface area contributed by atoms with Gasteiger partial charge in [-0.3, -0.25) is 4.90 Å². The Labute approximate surface area is 143 Å². The van der Waals surface area contributed by atoms with Gasteiger partial charge in [0.15, 0.2) is 0 Å². The lowest BCUT2D eigenvalue weighted by Crippen LogP contribution is -2.46. The van der Waals surface area contributed by atoms with Crippen LogP contribution in [0, 0.1) is 13.8 Å². The van der Waals surface area contributed by atoms with Gasteiger partial charge >= 0.3 is 5.97 Å². The number of sulfonamides is 1. The van der Waals surface area contributed by atoms with Crippen molar-refractivity contribution in [1.82, 2.24) is 19.9 Å². The summed E-state index contributed by atoms with van der Waals surface area (Å²) >= 11 is 0. The normalized spacial score (nSPS) is 16.3. The zero-order chi connectivity index (χ0) is 17.7. The van der Waals surface area contributed by atoms with Gasteiger partial charge in [-0.15, -0.1) is 0 Å². The molecule has 0 radical (unpaired) electrons. The van der Waals surface area contributed by atoms with Crippen molar-refractivity contribution in [3.63, 3.8) is 0 Å². The molecule has 2 rings (SSSR count). The quantitative estimate of drug-likeness (QED) is 0.593. The number of H-pyrrole nitrogens is 1. The maximum Gasteiger partial charge on any atom is 0.355 e.